The molecule has 7 nitrogen and oxygen atoms in total. The van der Waals surface area contributed by atoms with Gasteiger partial charge in [-0.1, -0.05) is 33.6 Å². The predicted molar refractivity (Wildman–Crippen MR) is 136 cm³/mol. The van der Waals surface area contributed by atoms with Crippen LogP contribution in [-0.2, 0) is 11.8 Å². The Kier molecular flexibility index (Phi) is 6.62. The van der Waals surface area contributed by atoms with Crippen molar-refractivity contribution in [3.63, 3.8) is 0 Å². The van der Waals surface area contributed by atoms with Crippen LogP contribution in [0.3, 0.4) is 0 Å². The van der Waals surface area contributed by atoms with Gasteiger partial charge in [0.2, 0.25) is 11.8 Å². The van der Waals surface area contributed by atoms with E-state index in [1.807, 2.05) is 32.3 Å². The van der Waals surface area contributed by atoms with Gasteiger partial charge in [-0.05, 0) is 68.8 Å². The molecule has 3 heterocycles. The Morgan fingerprint density at radius 3 is 2.26 bits per heavy atom. The van der Waals surface area contributed by atoms with Gasteiger partial charge in [-0.15, -0.1) is 10.2 Å². The van der Waals surface area contributed by atoms with Crippen LogP contribution >= 0.6 is 0 Å². The maximum Gasteiger partial charge on any atom is 0.233 e. The van der Waals surface area contributed by atoms with Gasteiger partial charge in [0.15, 0.2) is 0 Å². The second kappa shape index (κ2) is 9.55. The highest BCUT2D eigenvalue weighted by Gasteiger charge is 2.49. The first kappa shape index (κ1) is 24.3. The molecule has 3 fully saturated rings. The molecule has 5 atom stereocenters. The first-order valence-electron chi connectivity index (χ1n) is 13.6. The van der Waals surface area contributed by atoms with E-state index in [2.05, 4.69) is 41.0 Å². The molecule has 0 bridgehead atoms. The number of likely N-dealkylation sites (tertiary alicyclic amines) is 1. The van der Waals surface area contributed by atoms with Crippen LogP contribution in [0.1, 0.15) is 71.4 Å². The zero-order valence-corrected chi connectivity index (χ0v) is 22.0. The third kappa shape index (κ3) is 4.83. The summed E-state index contributed by atoms with van der Waals surface area (Å²) in [6, 6.07) is 3.87. The number of carbonyl (C=O) groups is 1. The minimum absolute atomic E-state index is 0.153. The SMILES string of the molecule is CCC1(C(=O)N2C[C@H]3C[C@@H](Oc4ccc(-c5cn(C)nc5C)nn4)C[C@H]3C2)CC(C)CCC(C)C1. The molecule has 35 heavy (non-hydrogen) atoms. The van der Waals surface area contributed by atoms with Gasteiger partial charge in [-0.2, -0.15) is 5.10 Å². The van der Waals surface area contributed by atoms with Gasteiger partial charge in [-0.3, -0.25) is 9.48 Å². The van der Waals surface area contributed by atoms with Gasteiger partial charge in [0.1, 0.15) is 6.10 Å². The van der Waals surface area contributed by atoms with Crippen LogP contribution in [0.25, 0.3) is 11.3 Å². The zero-order chi connectivity index (χ0) is 24.7. The fourth-order valence-electron chi connectivity index (χ4n) is 7.20. The molecule has 2 aliphatic carbocycles. The van der Waals surface area contributed by atoms with Gasteiger partial charge >= 0.3 is 0 Å². The molecule has 1 aliphatic heterocycles. The average Bonchev–Trinajstić information content (AvgIpc) is 3.46. The van der Waals surface area contributed by atoms with E-state index in [-0.39, 0.29) is 11.5 Å². The first-order valence-corrected chi connectivity index (χ1v) is 13.6. The molecule has 1 amide bonds. The molecule has 5 rings (SSSR count). The first-order chi connectivity index (χ1) is 16.8. The second-order valence-electron chi connectivity index (χ2n) is 11.8. The molecule has 2 aromatic rings. The fraction of sp³-hybridized carbons (Fsp3) is 0.714. The third-order valence-electron chi connectivity index (χ3n) is 8.97. The third-order valence-corrected chi connectivity index (χ3v) is 8.97. The van der Waals surface area contributed by atoms with E-state index in [1.165, 1.54) is 12.8 Å². The summed E-state index contributed by atoms with van der Waals surface area (Å²) in [4.78, 5) is 16.1. The Balaban J connectivity index is 1.19. The molecule has 2 aromatic heterocycles. The number of amides is 1. The van der Waals surface area contributed by atoms with E-state index < -0.39 is 0 Å². The van der Waals surface area contributed by atoms with Crippen molar-refractivity contribution in [2.24, 2.45) is 36.1 Å². The van der Waals surface area contributed by atoms with E-state index in [0.717, 1.165) is 62.1 Å². The molecule has 2 saturated carbocycles. The molecule has 0 N–H and O–H groups in total. The van der Waals surface area contributed by atoms with Gasteiger partial charge in [0.05, 0.1) is 11.4 Å². The lowest BCUT2D eigenvalue weighted by atomic mass is 9.73. The Morgan fingerprint density at radius 1 is 1.09 bits per heavy atom. The lowest BCUT2D eigenvalue weighted by molar-refractivity contribution is -0.143. The molecule has 3 aliphatic rings. The van der Waals surface area contributed by atoms with Gasteiger partial charge < -0.3 is 9.64 Å². The molecule has 0 radical (unpaired) electrons. The summed E-state index contributed by atoms with van der Waals surface area (Å²) in [5.41, 5.74) is 2.59. The molecular weight excluding hydrogens is 438 g/mol. The van der Waals surface area contributed by atoms with Gasteiger partial charge in [0.25, 0.3) is 0 Å². The highest BCUT2D eigenvalue weighted by molar-refractivity contribution is 5.83. The Morgan fingerprint density at radius 2 is 1.74 bits per heavy atom. The second-order valence-corrected chi connectivity index (χ2v) is 11.8. The van der Waals surface area contributed by atoms with Crippen molar-refractivity contribution in [3.05, 3.63) is 24.0 Å². The molecule has 7 heteroatoms. The van der Waals surface area contributed by atoms with Crippen molar-refractivity contribution in [1.82, 2.24) is 24.9 Å². The number of nitrogens with zero attached hydrogens (tertiary/aromatic N) is 5. The van der Waals surface area contributed by atoms with Crippen LogP contribution in [0.4, 0.5) is 0 Å². The highest BCUT2D eigenvalue weighted by atomic mass is 16.5. The van der Waals surface area contributed by atoms with E-state index in [0.29, 0.717) is 35.5 Å². The van der Waals surface area contributed by atoms with E-state index in [9.17, 15) is 4.79 Å². The number of fused-ring (bicyclic) bond motifs is 1. The lowest BCUT2D eigenvalue weighted by Crippen LogP contribution is -2.44. The minimum Gasteiger partial charge on any atom is -0.473 e. The minimum atomic E-state index is -0.159. The lowest BCUT2D eigenvalue weighted by Gasteiger charge is -2.37. The van der Waals surface area contributed by atoms with Gasteiger partial charge in [-0.25, -0.2) is 0 Å². The molecule has 1 saturated heterocycles. The molecule has 0 spiro atoms. The van der Waals surface area contributed by atoms with Crippen molar-refractivity contribution >= 4 is 5.91 Å². The summed E-state index contributed by atoms with van der Waals surface area (Å²) in [7, 11) is 1.91. The van der Waals surface area contributed by atoms with Crippen LogP contribution in [-0.4, -0.2) is 50.0 Å². The Bertz CT molecular complexity index is 1020. The summed E-state index contributed by atoms with van der Waals surface area (Å²) in [5, 5.41) is 13.1. The zero-order valence-electron chi connectivity index (χ0n) is 22.0. The van der Waals surface area contributed by atoms with Crippen LogP contribution < -0.4 is 4.74 Å². The van der Waals surface area contributed by atoms with Crippen LogP contribution in [0.2, 0.25) is 0 Å². The summed E-state index contributed by atoms with van der Waals surface area (Å²) < 4.78 is 8.03. The quantitative estimate of drug-likeness (QED) is 0.562. The van der Waals surface area contributed by atoms with E-state index in [1.54, 1.807) is 4.68 Å². The summed E-state index contributed by atoms with van der Waals surface area (Å²) >= 11 is 0. The standard InChI is InChI=1S/C28H41N5O2/c1-6-28(13-18(2)7-8-19(3)14-28)27(34)33-15-21-11-23(12-22(21)16-33)35-26-10-9-25(29-30-26)24-17-32(5)31-20(24)4/h9-10,17-19,21-23H,6-8,11-16H2,1-5H3/t18?,19?,21-,22+,23-,28?. The Labute approximate surface area is 209 Å². The number of rotatable bonds is 5. The van der Waals surface area contributed by atoms with Crippen molar-refractivity contribution in [2.45, 2.75) is 78.7 Å². The number of ether oxygens (including phenoxy) is 1. The number of hydrogen-bond donors (Lipinski definition) is 0. The topological polar surface area (TPSA) is 73.1 Å². The fourth-order valence-corrected chi connectivity index (χ4v) is 7.20. The predicted octanol–water partition coefficient (Wildman–Crippen LogP) is 5.04. The number of aromatic nitrogens is 4. The highest BCUT2D eigenvalue weighted by Crippen LogP contribution is 2.47. The van der Waals surface area contributed by atoms with Gasteiger partial charge in [0, 0.05) is 43.4 Å². The molecule has 0 aromatic carbocycles. The van der Waals surface area contributed by atoms with Crippen molar-refractivity contribution in [1.29, 1.82) is 0 Å². The monoisotopic (exact) mass is 479 g/mol. The van der Waals surface area contributed by atoms with Crippen molar-refractivity contribution in [3.8, 4) is 17.1 Å². The smallest absolute Gasteiger partial charge is 0.233 e. The van der Waals surface area contributed by atoms with E-state index in [4.69, 9.17) is 4.74 Å². The number of aryl methyl sites for hydroxylation is 2. The maximum atomic E-state index is 13.8. The molecular formula is C28H41N5O2. The molecule has 190 valence electrons. The molecule has 2 unspecified atom stereocenters. The van der Waals surface area contributed by atoms with Crippen LogP contribution in [0.5, 0.6) is 5.88 Å². The summed E-state index contributed by atoms with van der Waals surface area (Å²) in [5.74, 6) is 3.35. The summed E-state index contributed by atoms with van der Waals surface area (Å²) in [6.45, 7) is 10.7. The number of carbonyl (C=O) groups excluding carboxylic acids is 1. The number of hydrogen-bond acceptors (Lipinski definition) is 5. The van der Waals surface area contributed by atoms with Crippen LogP contribution in [0.15, 0.2) is 18.3 Å². The average molecular weight is 480 g/mol. The normalized spacial score (nSPS) is 32.9. The summed E-state index contributed by atoms with van der Waals surface area (Å²) in [6.07, 6.45) is 9.68. The largest absolute Gasteiger partial charge is 0.473 e. The maximum absolute atomic E-state index is 13.8. The Hall–Kier alpha value is -2.44. The van der Waals surface area contributed by atoms with Crippen LogP contribution in [0, 0.1) is 36.0 Å². The van der Waals surface area contributed by atoms with Crippen molar-refractivity contribution in [2.75, 3.05) is 13.1 Å². The van der Waals surface area contributed by atoms with E-state index >= 15 is 0 Å². The van der Waals surface area contributed by atoms with Crippen molar-refractivity contribution < 1.29 is 9.53 Å².